The summed E-state index contributed by atoms with van der Waals surface area (Å²) in [5, 5.41) is 0. The molecule has 5 nitrogen and oxygen atoms in total. The quantitative estimate of drug-likeness (QED) is 0.905. The zero-order valence-electron chi connectivity index (χ0n) is 14.8. The Morgan fingerprint density at radius 1 is 1.12 bits per heavy atom. The number of nitrogens with zero attached hydrogens (tertiary/aromatic N) is 1. The number of methoxy groups -OCH3 is 2. The van der Waals surface area contributed by atoms with E-state index in [2.05, 4.69) is 12.1 Å². The summed E-state index contributed by atoms with van der Waals surface area (Å²) in [7, 11) is 3.37. The van der Waals surface area contributed by atoms with Crippen molar-refractivity contribution in [1.29, 1.82) is 0 Å². The van der Waals surface area contributed by atoms with E-state index in [1.807, 2.05) is 22.8 Å². The predicted molar refractivity (Wildman–Crippen MR) is 95.5 cm³/mol. The molecule has 132 valence electrons. The standard InChI is InChI=1S/C20H24N2O3/c1-24-18-7-3-5-15(20(18)25-2)12-21-10-14-9-16(13-21)17-6-4-8-19(23)22(17)11-14/h3-8,14,16H,9-13H2,1-2H3/p+1/t14-,16+/m0/s1. The Kier molecular flexibility index (Phi) is 4.25. The molecule has 3 atom stereocenters. The van der Waals surface area contributed by atoms with E-state index in [1.165, 1.54) is 17.7 Å². The summed E-state index contributed by atoms with van der Waals surface area (Å²) >= 11 is 0. The number of rotatable bonds is 4. The molecule has 2 aliphatic rings. The first-order valence-electron chi connectivity index (χ1n) is 8.92. The van der Waals surface area contributed by atoms with Crippen LogP contribution in [0.2, 0.25) is 0 Å². The summed E-state index contributed by atoms with van der Waals surface area (Å²) in [6.07, 6.45) is 1.20. The maximum Gasteiger partial charge on any atom is 0.250 e. The molecule has 1 unspecified atom stereocenters. The number of quaternary nitrogens is 1. The lowest BCUT2D eigenvalue weighted by atomic mass is 9.83. The van der Waals surface area contributed by atoms with Crippen molar-refractivity contribution >= 4 is 0 Å². The smallest absolute Gasteiger partial charge is 0.250 e. The molecule has 4 rings (SSSR count). The predicted octanol–water partition coefficient (Wildman–Crippen LogP) is 1.07. The molecule has 0 saturated carbocycles. The van der Waals surface area contributed by atoms with Crippen LogP contribution in [0.3, 0.4) is 0 Å². The average molecular weight is 341 g/mol. The van der Waals surface area contributed by atoms with Gasteiger partial charge in [0.1, 0.15) is 6.54 Å². The third-order valence-corrected chi connectivity index (χ3v) is 5.60. The number of hydrogen-bond acceptors (Lipinski definition) is 3. The molecule has 5 heteroatoms. The number of para-hydroxylation sites is 1. The highest BCUT2D eigenvalue weighted by molar-refractivity contribution is 5.46. The van der Waals surface area contributed by atoms with E-state index in [0.717, 1.165) is 37.7 Å². The molecule has 0 spiro atoms. The highest BCUT2D eigenvalue weighted by atomic mass is 16.5. The largest absolute Gasteiger partial charge is 0.493 e. The molecule has 0 aliphatic carbocycles. The van der Waals surface area contributed by atoms with E-state index < -0.39 is 0 Å². The number of nitrogens with one attached hydrogen (secondary N) is 1. The van der Waals surface area contributed by atoms with E-state index in [-0.39, 0.29) is 5.56 Å². The van der Waals surface area contributed by atoms with Gasteiger partial charge in [-0.25, -0.2) is 0 Å². The van der Waals surface area contributed by atoms with Crippen LogP contribution in [0.25, 0.3) is 0 Å². The lowest BCUT2D eigenvalue weighted by Gasteiger charge is -2.40. The van der Waals surface area contributed by atoms with Gasteiger partial charge >= 0.3 is 0 Å². The molecule has 3 heterocycles. The fourth-order valence-corrected chi connectivity index (χ4v) is 4.63. The van der Waals surface area contributed by atoms with E-state index in [1.54, 1.807) is 25.2 Å². The van der Waals surface area contributed by atoms with Crippen molar-refractivity contribution in [2.45, 2.75) is 25.4 Å². The van der Waals surface area contributed by atoms with Gasteiger partial charge in [0.05, 0.1) is 32.9 Å². The molecule has 0 amide bonds. The Bertz CT molecular complexity index is 830. The zero-order chi connectivity index (χ0) is 17.4. The number of fused-ring (bicyclic) bond motifs is 4. The van der Waals surface area contributed by atoms with Gasteiger partial charge in [-0.15, -0.1) is 0 Å². The number of piperidine rings is 1. The lowest BCUT2D eigenvalue weighted by molar-refractivity contribution is -0.924. The minimum Gasteiger partial charge on any atom is -0.493 e. The molecule has 1 aromatic heterocycles. The Morgan fingerprint density at radius 2 is 1.96 bits per heavy atom. The Balaban J connectivity index is 1.58. The van der Waals surface area contributed by atoms with Crippen molar-refractivity contribution in [2.24, 2.45) is 5.92 Å². The molecular weight excluding hydrogens is 316 g/mol. The van der Waals surface area contributed by atoms with Crippen molar-refractivity contribution in [3.05, 3.63) is 58.0 Å². The van der Waals surface area contributed by atoms with E-state index >= 15 is 0 Å². The Morgan fingerprint density at radius 3 is 2.76 bits per heavy atom. The van der Waals surface area contributed by atoms with Gasteiger partial charge in [0.25, 0.3) is 5.56 Å². The summed E-state index contributed by atoms with van der Waals surface area (Å²) in [5.41, 5.74) is 2.53. The van der Waals surface area contributed by atoms with Gasteiger partial charge in [-0.3, -0.25) is 4.79 Å². The summed E-state index contributed by atoms with van der Waals surface area (Å²) in [4.78, 5) is 13.7. The molecule has 0 radical (unpaired) electrons. The molecule has 1 saturated heterocycles. The van der Waals surface area contributed by atoms with Crippen LogP contribution >= 0.6 is 0 Å². The van der Waals surface area contributed by atoms with Gasteiger partial charge in [-0.05, 0) is 24.6 Å². The molecule has 25 heavy (non-hydrogen) atoms. The normalized spacial score (nSPS) is 24.5. The van der Waals surface area contributed by atoms with E-state index in [9.17, 15) is 4.79 Å². The van der Waals surface area contributed by atoms with Crippen LogP contribution in [-0.2, 0) is 13.1 Å². The van der Waals surface area contributed by atoms with Crippen LogP contribution in [0.1, 0.15) is 23.6 Å². The summed E-state index contributed by atoms with van der Waals surface area (Å²) in [6, 6.07) is 11.8. The topological polar surface area (TPSA) is 44.9 Å². The van der Waals surface area contributed by atoms with Crippen molar-refractivity contribution in [2.75, 3.05) is 27.3 Å². The number of aromatic nitrogens is 1. The second kappa shape index (κ2) is 6.56. The number of hydrogen-bond donors (Lipinski definition) is 1. The monoisotopic (exact) mass is 341 g/mol. The summed E-state index contributed by atoms with van der Waals surface area (Å²) in [6.45, 7) is 3.92. The van der Waals surface area contributed by atoms with Crippen molar-refractivity contribution < 1.29 is 14.4 Å². The maximum absolute atomic E-state index is 12.1. The third kappa shape index (κ3) is 2.93. The summed E-state index contributed by atoms with van der Waals surface area (Å²) < 4.78 is 13.0. The van der Waals surface area contributed by atoms with Gasteiger partial charge < -0.3 is 18.9 Å². The zero-order valence-corrected chi connectivity index (χ0v) is 14.8. The van der Waals surface area contributed by atoms with Gasteiger partial charge in [0.2, 0.25) is 0 Å². The fourth-order valence-electron chi connectivity index (χ4n) is 4.63. The van der Waals surface area contributed by atoms with Crippen molar-refractivity contribution in [3.63, 3.8) is 0 Å². The molecule has 2 aliphatic heterocycles. The fraction of sp³-hybridized carbons (Fsp3) is 0.450. The van der Waals surface area contributed by atoms with Gasteiger partial charge in [0, 0.05) is 30.1 Å². The third-order valence-electron chi connectivity index (χ3n) is 5.60. The Hall–Kier alpha value is -2.27. The molecule has 1 fully saturated rings. The number of ether oxygens (including phenoxy) is 2. The number of pyridine rings is 1. The first-order valence-corrected chi connectivity index (χ1v) is 8.92. The second-order valence-electron chi connectivity index (χ2n) is 7.19. The first-order chi connectivity index (χ1) is 12.2. The van der Waals surface area contributed by atoms with Gasteiger partial charge in [0.15, 0.2) is 11.5 Å². The lowest BCUT2D eigenvalue weighted by Crippen LogP contribution is -3.13. The highest BCUT2D eigenvalue weighted by Gasteiger charge is 2.37. The number of benzene rings is 1. The molecule has 2 aromatic rings. The van der Waals surface area contributed by atoms with Crippen LogP contribution in [0.5, 0.6) is 11.5 Å². The molecule has 1 N–H and O–H groups in total. The average Bonchev–Trinajstić information content (AvgIpc) is 2.62. The number of likely N-dealkylation sites (tertiary alicyclic amines) is 1. The highest BCUT2D eigenvalue weighted by Crippen LogP contribution is 2.32. The van der Waals surface area contributed by atoms with Crippen LogP contribution in [0.15, 0.2) is 41.2 Å². The van der Waals surface area contributed by atoms with Crippen LogP contribution in [0, 0.1) is 5.92 Å². The van der Waals surface area contributed by atoms with E-state index in [0.29, 0.717) is 11.8 Å². The van der Waals surface area contributed by atoms with Crippen LogP contribution < -0.4 is 19.9 Å². The maximum atomic E-state index is 12.1. The summed E-state index contributed by atoms with van der Waals surface area (Å²) in [5.74, 6) is 2.66. The second-order valence-corrected chi connectivity index (χ2v) is 7.19. The minimum atomic E-state index is 0.144. The van der Waals surface area contributed by atoms with Gasteiger partial charge in [-0.2, -0.15) is 0 Å². The van der Waals surface area contributed by atoms with Gasteiger partial charge in [-0.1, -0.05) is 12.1 Å². The SMILES string of the molecule is COc1cccc(C[NH+]2C[C@@H]3C[C@H](C2)c2cccc(=O)n2C3)c1OC. The van der Waals surface area contributed by atoms with Crippen molar-refractivity contribution in [1.82, 2.24) is 4.57 Å². The molecule has 2 bridgehead atoms. The van der Waals surface area contributed by atoms with E-state index in [4.69, 9.17) is 9.47 Å². The van der Waals surface area contributed by atoms with Crippen molar-refractivity contribution in [3.8, 4) is 11.5 Å². The van der Waals surface area contributed by atoms with Crippen LogP contribution in [-0.4, -0.2) is 31.9 Å². The molecular formula is C20H25N2O3+. The van der Waals surface area contributed by atoms with Crippen LogP contribution in [0.4, 0.5) is 0 Å². The molecule has 1 aromatic carbocycles. The minimum absolute atomic E-state index is 0.144. The first kappa shape index (κ1) is 16.2. The Labute approximate surface area is 147 Å².